The molecule has 1 saturated heterocycles. The molecule has 1 unspecified atom stereocenters. The third-order valence-corrected chi connectivity index (χ3v) is 5.55. The Labute approximate surface area is 138 Å². The van der Waals surface area contributed by atoms with E-state index in [4.69, 9.17) is 0 Å². The van der Waals surface area contributed by atoms with Crippen molar-refractivity contribution in [1.82, 2.24) is 25.1 Å². The van der Waals surface area contributed by atoms with Crippen LogP contribution in [-0.2, 0) is 0 Å². The number of thiazole rings is 1. The van der Waals surface area contributed by atoms with Gasteiger partial charge in [-0.3, -0.25) is 10.4 Å². The van der Waals surface area contributed by atoms with Crippen LogP contribution in [0.25, 0.3) is 0 Å². The number of anilines is 1. The Morgan fingerprint density at radius 3 is 2.96 bits per heavy atom. The number of piperidine rings is 1. The molecule has 122 valence electrons. The van der Waals surface area contributed by atoms with Crippen LogP contribution < -0.4 is 5.32 Å². The Hall–Kier alpha value is -1.96. The Bertz CT molecular complexity index is 665. The van der Waals surface area contributed by atoms with Gasteiger partial charge in [0, 0.05) is 17.8 Å². The van der Waals surface area contributed by atoms with E-state index in [-0.39, 0.29) is 12.1 Å². The first kappa shape index (κ1) is 14.6. The van der Waals surface area contributed by atoms with E-state index in [9.17, 15) is 4.79 Å². The number of nitrogens with one attached hydrogen (secondary N) is 2. The number of likely N-dealkylation sites (tertiary alicyclic amines) is 1. The van der Waals surface area contributed by atoms with Crippen LogP contribution in [0.2, 0.25) is 0 Å². The average molecular weight is 332 g/mol. The van der Waals surface area contributed by atoms with Gasteiger partial charge in [-0.2, -0.15) is 5.10 Å². The van der Waals surface area contributed by atoms with Crippen molar-refractivity contribution < 1.29 is 4.79 Å². The van der Waals surface area contributed by atoms with Gasteiger partial charge in [-0.05, 0) is 32.1 Å². The van der Waals surface area contributed by atoms with Crippen molar-refractivity contribution in [2.75, 3.05) is 11.9 Å². The maximum absolute atomic E-state index is 12.7. The van der Waals surface area contributed by atoms with Gasteiger partial charge in [-0.25, -0.2) is 14.8 Å². The summed E-state index contributed by atoms with van der Waals surface area (Å²) < 4.78 is 0. The van der Waals surface area contributed by atoms with Crippen LogP contribution in [0.1, 0.15) is 62.0 Å². The van der Waals surface area contributed by atoms with Crippen LogP contribution in [0.5, 0.6) is 0 Å². The number of hydrogen-bond donors (Lipinski definition) is 2. The molecule has 8 heteroatoms. The van der Waals surface area contributed by atoms with E-state index in [1.165, 1.54) is 36.9 Å². The van der Waals surface area contributed by atoms with Crippen LogP contribution in [0.4, 0.5) is 9.93 Å². The summed E-state index contributed by atoms with van der Waals surface area (Å²) in [5.74, 6) is 1.35. The molecule has 23 heavy (non-hydrogen) atoms. The molecule has 2 fully saturated rings. The molecule has 1 saturated carbocycles. The van der Waals surface area contributed by atoms with E-state index in [2.05, 4.69) is 30.9 Å². The summed E-state index contributed by atoms with van der Waals surface area (Å²) in [5, 5.41) is 12.5. The standard InChI is InChI=1S/C15H20N6OS/c22-15(19-14-18-11(8-23-14)10-4-3-5-10)21-7-2-1-6-12(21)13-16-9-17-20-13/h8-10,12H,1-7H2,(H,16,17,20)(H,18,19,22). The van der Waals surface area contributed by atoms with Gasteiger partial charge in [-0.1, -0.05) is 6.42 Å². The molecular weight excluding hydrogens is 312 g/mol. The van der Waals surface area contributed by atoms with E-state index in [0.717, 1.165) is 37.3 Å². The Morgan fingerprint density at radius 2 is 2.22 bits per heavy atom. The maximum Gasteiger partial charge on any atom is 0.324 e. The van der Waals surface area contributed by atoms with Crippen molar-refractivity contribution in [2.24, 2.45) is 0 Å². The van der Waals surface area contributed by atoms with Crippen LogP contribution in [0.3, 0.4) is 0 Å². The molecule has 2 N–H and O–H groups in total. The minimum absolute atomic E-state index is 0.0303. The second-order valence-electron chi connectivity index (χ2n) is 6.21. The van der Waals surface area contributed by atoms with Crippen molar-refractivity contribution in [3.8, 4) is 0 Å². The highest BCUT2D eigenvalue weighted by Gasteiger charge is 2.30. The fourth-order valence-corrected chi connectivity index (χ4v) is 4.01. The Balaban J connectivity index is 1.45. The summed E-state index contributed by atoms with van der Waals surface area (Å²) in [4.78, 5) is 23.3. The lowest BCUT2D eigenvalue weighted by Gasteiger charge is -2.33. The highest BCUT2D eigenvalue weighted by Crippen LogP contribution is 2.37. The predicted octanol–water partition coefficient (Wildman–Crippen LogP) is 3.29. The summed E-state index contributed by atoms with van der Waals surface area (Å²) in [5.41, 5.74) is 1.13. The van der Waals surface area contributed by atoms with Gasteiger partial charge in [0.1, 0.15) is 12.2 Å². The first-order chi connectivity index (χ1) is 11.3. The number of aromatic nitrogens is 4. The van der Waals surface area contributed by atoms with E-state index in [1.807, 2.05) is 4.90 Å². The zero-order valence-electron chi connectivity index (χ0n) is 12.9. The lowest BCUT2D eigenvalue weighted by atomic mass is 9.83. The summed E-state index contributed by atoms with van der Waals surface area (Å²) in [6.07, 6.45) is 8.24. The minimum Gasteiger partial charge on any atom is -0.314 e. The molecule has 7 nitrogen and oxygen atoms in total. The van der Waals surface area contributed by atoms with Gasteiger partial charge < -0.3 is 4.90 Å². The number of hydrogen-bond acceptors (Lipinski definition) is 5. The molecule has 0 radical (unpaired) electrons. The maximum atomic E-state index is 12.7. The summed E-state index contributed by atoms with van der Waals surface area (Å²) >= 11 is 1.51. The largest absolute Gasteiger partial charge is 0.324 e. The zero-order chi connectivity index (χ0) is 15.6. The number of carbonyl (C=O) groups excluding carboxylic acids is 1. The van der Waals surface area contributed by atoms with Crippen LogP contribution in [-0.4, -0.2) is 37.6 Å². The molecule has 1 aliphatic carbocycles. The van der Waals surface area contributed by atoms with Gasteiger partial charge in [0.25, 0.3) is 0 Å². The monoisotopic (exact) mass is 332 g/mol. The third kappa shape index (κ3) is 2.95. The molecular formula is C15H20N6OS. The fourth-order valence-electron chi connectivity index (χ4n) is 3.23. The smallest absolute Gasteiger partial charge is 0.314 e. The molecule has 2 aliphatic rings. The molecule has 3 heterocycles. The topological polar surface area (TPSA) is 86.8 Å². The van der Waals surface area contributed by atoms with Gasteiger partial charge in [0.05, 0.1) is 11.7 Å². The molecule has 2 aromatic heterocycles. The average Bonchev–Trinajstić information content (AvgIpc) is 3.17. The summed E-state index contributed by atoms with van der Waals surface area (Å²) in [6, 6.07) is -0.127. The molecule has 2 amide bonds. The number of amides is 2. The molecule has 0 spiro atoms. The highest BCUT2D eigenvalue weighted by molar-refractivity contribution is 7.13. The third-order valence-electron chi connectivity index (χ3n) is 4.77. The zero-order valence-corrected chi connectivity index (χ0v) is 13.7. The van der Waals surface area contributed by atoms with E-state index in [1.54, 1.807) is 0 Å². The Kier molecular flexibility index (Phi) is 3.99. The lowest BCUT2D eigenvalue weighted by Crippen LogP contribution is -2.41. The fraction of sp³-hybridized carbons (Fsp3) is 0.600. The first-order valence-corrected chi connectivity index (χ1v) is 9.07. The Morgan fingerprint density at radius 1 is 1.30 bits per heavy atom. The number of rotatable bonds is 3. The number of carbonyl (C=O) groups is 1. The number of nitrogens with zero attached hydrogens (tertiary/aromatic N) is 4. The van der Waals surface area contributed by atoms with Crippen molar-refractivity contribution in [1.29, 1.82) is 0 Å². The minimum atomic E-state index is -0.0967. The second-order valence-corrected chi connectivity index (χ2v) is 7.07. The van der Waals surface area contributed by atoms with Gasteiger partial charge in [0.2, 0.25) is 0 Å². The summed E-state index contributed by atoms with van der Waals surface area (Å²) in [6.45, 7) is 0.734. The quantitative estimate of drug-likeness (QED) is 0.903. The van der Waals surface area contributed by atoms with Gasteiger partial charge in [-0.15, -0.1) is 11.3 Å². The normalized spacial score (nSPS) is 21.9. The number of urea groups is 1. The van der Waals surface area contributed by atoms with Crippen molar-refractivity contribution in [2.45, 2.75) is 50.5 Å². The van der Waals surface area contributed by atoms with Crippen molar-refractivity contribution >= 4 is 22.5 Å². The molecule has 1 aliphatic heterocycles. The van der Waals surface area contributed by atoms with Crippen molar-refractivity contribution in [3.63, 3.8) is 0 Å². The van der Waals surface area contributed by atoms with Crippen molar-refractivity contribution in [3.05, 3.63) is 23.2 Å². The van der Waals surface area contributed by atoms with E-state index >= 15 is 0 Å². The van der Waals surface area contributed by atoms with Gasteiger partial charge in [0.15, 0.2) is 5.13 Å². The lowest BCUT2D eigenvalue weighted by molar-refractivity contribution is 0.159. The molecule has 4 rings (SSSR count). The number of H-pyrrole nitrogens is 1. The molecule has 0 bridgehead atoms. The SMILES string of the molecule is O=C(Nc1nc(C2CCC2)cs1)N1CCCCC1c1ncn[nH]1. The highest BCUT2D eigenvalue weighted by atomic mass is 32.1. The molecule has 2 aromatic rings. The molecule has 1 atom stereocenters. The second kappa shape index (κ2) is 6.27. The number of aromatic amines is 1. The van der Waals surface area contributed by atoms with E-state index < -0.39 is 0 Å². The van der Waals surface area contributed by atoms with Crippen LogP contribution in [0, 0.1) is 0 Å². The van der Waals surface area contributed by atoms with Crippen LogP contribution >= 0.6 is 11.3 Å². The van der Waals surface area contributed by atoms with Gasteiger partial charge >= 0.3 is 6.03 Å². The predicted molar refractivity (Wildman–Crippen MR) is 87.4 cm³/mol. The molecule has 0 aromatic carbocycles. The van der Waals surface area contributed by atoms with E-state index in [0.29, 0.717) is 11.0 Å². The first-order valence-electron chi connectivity index (χ1n) is 8.19. The summed E-state index contributed by atoms with van der Waals surface area (Å²) in [7, 11) is 0. The van der Waals surface area contributed by atoms with Crippen LogP contribution in [0.15, 0.2) is 11.7 Å².